The molecule has 0 unspecified atom stereocenters. The van der Waals surface area contributed by atoms with E-state index in [2.05, 4.69) is 25.5 Å². The van der Waals surface area contributed by atoms with Crippen LogP contribution in [0, 0.1) is 0 Å². The number of nitrogens with zero attached hydrogens (tertiary/aromatic N) is 4. The van der Waals surface area contributed by atoms with Crippen LogP contribution in [0.4, 0.5) is 13.2 Å². The van der Waals surface area contributed by atoms with Gasteiger partial charge in [0, 0.05) is 11.4 Å². The van der Waals surface area contributed by atoms with Gasteiger partial charge in [-0.1, -0.05) is 0 Å². The molecule has 1 aromatic carbocycles. The lowest BCUT2D eigenvalue weighted by molar-refractivity contribution is -0.141. The van der Waals surface area contributed by atoms with Gasteiger partial charge in [-0.25, -0.2) is 9.97 Å². The Balaban J connectivity index is 1.75. The number of imidazole rings is 1. The van der Waals surface area contributed by atoms with Crippen molar-refractivity contribution in [2.75, 3.05) is 0 Å². The minimum atomic E-state index is -4.60. The molecule has 4 aromatic rings. The quantitative estimate of drug-likeness (QED) is 0.566. The first-order chi connectivity index (χ1) is 13.4. The molecule has 0 saturated heterocycles. The average Bonchev–Trinajstić information content (AvgIpc) is 3.20. The lowest BCUT2D eigenvalue weighted by Crippen LogP contribution is -2.28. The number of aromatic amines is 1. The molecule has 1 aliphatic carbocycles. The Morgan fingerprint density at radius 3 is 2.75 bits per heavy atom. The van der Waals surface area contributed by atoms with Crippen molar-refractivity contribution in [3.8, 4) is 5.69 Å². The summed E-state index contributed by atoms with van der Waals surface area (Å²) in [7, 11) is 0. The van der Waals surface area contributed by atoms with Crippen molar-refractivity contribution in [2.24, 2.45) is 0 Å². The number of H-pyrrole nitrogens is 1. The molecule has 7 nitrogen and oxygen atoms in total. The Bertz CT molecular complexity index is 1220. The lowest BCUT2D eigenvalue weighted by atomic mass is 10.2. The second-order valence-corrected chi connectivity index (χ2v) is 6.70. The van der Waals surface area contributed by atoms with Gasteiger partial charge in [-0.3, -0.25) is 14.5 Å². The van der Waals surface area contributed by atoms with Gasteiger partial charge in [0.15, 0.2) is 5.65 Å². The minimum Gasteiger partial charge on any atom is -0.347 e. The van der Waals surface area contributed by atoms with E-state index < -0.39 is 17.8 Å². The van der Waals surface area contributed by atoms with Crippen molar-refractivity contribution >= 4 is 28.0 Å². The predicted octanol–water partition coefficient (Wildman–Crippen LogP) is 3.21. The maximum atomic E-state index is 13.2. The number of hydrogen-bond donors (Lipinski definition) is 2. The van der Waals surface area contributed by atoms with E-state index in [4.69, 9.17) is 0 Å². The number of carbonyl (C=O) groups excluding carboxylic acids is 1. The van der Waals surface area contributed by atoms with Gasteiger partial charge >= 0.3 is 6.18 Å². The molecule has 0 atom stereocenters. The number of fused-ring (bicyclic) bond motifs is 2. The molecular weight excluding hydrogens is 373 g/mol. The van der Waals surface area contributed by atoms with Gasteiger partial charge < -0.3 is 5.32 Å². The summed E-state index contributed by atoms with van der Waals surface area (Å²) in [5, 5.41) is 10.3. The highest BCUT2D eigenvalue weighted by molar-refractivity contribution is 5.96. The van der Waals surface area contributed by atoms with Crippen molar-refractivity contribution in [1.82, 2.24) is 30.0 Å². The standard InChI is InChI=1S/C18H13F3N6O/c19-18(20,21)14-6-5-13-15(25-14)27(16(24-13)17(28)23-10-1-2-10)11-3-4-12-9(7-11)8-22-26-12/h3-8,10H,1-2H2,(H,22,26)(H,23,28). The summed E-state index contributed by atoms with van der Waals surface area (Å²) >= 11 is 0. The van der Waals surface area contributed by atoms with E-state index in [-0.39, 0.29) is 23.0 Å². The highest BCUT2D eigenvalue weighted by atomic mass is 19.4. The number of alkyl halides is 3. The fourth-order valence-electron chi connectivity index (χ4n) is 3.06. The number of nitrogens with one attached hydrogen (secondary N) is 2. The van der Waals surface area contributed by atoms with Gasteiger partial charge in [-0.2, -0.15) is 18.3 Å². The third-order valence-electron chi connectivity index (χ3n) is 4.59. The van der Waals surface area contributed by atoms with Crippen molar-refractivity contribution < 1.29 is 18.0 Å². The third kappa shape index (κ3) is 2.77. The molecule has 2 N–H and O–H groups in total. The zero-order valence-electron chi connectivity index (χ0n) is 14.3. The van der Waals surface area contributed by atoms with E-state index in [9.17, 15) is 18.0 Å². The molecule has 3 aromatic heterocycles. The van der Waals surface area contributed by atoms with Crippen LogP contribution in [0.25, 0.3) is 27.8 Å². The van der Waals surface area contributed by atoms with Gasteiger partial charge in [0.1, 0.15) is 11.2 Å². The number of pyridine rings is 1. The van der Waals surface area contributed by atoms with Crippen LogP contribution < -0.4 is 5.32 Å². The monoisotopic (exact) mass is 386 g/mol. The predicted molar refractivity (Wildman–Crippen MR) is 94.0 cm³/mol. The fourth-order valence-corrected chi connectivity index (χ4v) is 3.06. The fraction of sp³-hybridized carbons (Fsp3) is 0.222. The van der Waals surface area contributed by atoms with E-state index >= 15 is 0 Å². The zero-order chi connectivity index (χ0) is 19.5. The molecule has 142 valence electrons. The summed E-state index contributed by atoms with van der Waals surface area (Å²) in [5.41, 5.74) is 0.379. The van der Waals surface area contributed by atoms with Crippen LogP contribution >= 0.6 is 0 Å². The van der Waals surface area contributed by atoms with Gasteiger partial charge in [-0.05, 0) is 43.2 Å². The van der Waals surface area contributed by atoms with Gasteiger partial charge in [0.2, 0.25) is 5.82 Å². The van der Waals surface area contributed by atoms with Crippen LogP contribution in [0.2, 0.25) is 0 Å². The minimum absolute atomic E-state index is 0.00318. The summed E-state index contributed by atoms with van der Waals surface area (Å²) < 4.78 is 40.9. The number of carbonyl (C=O) groups is 1. The second kappa shape index (κ2) is 5.78. The van der Waals surface area contributed by atoms with Crippen LogP contribution in [0.5, 0.6) is 0 Å². The molecule has 0 bridgehead atoms. The molecule has 28 heavy (non-hydrogen) atoms. The van der Waals surface area contributed by atoms with E-state index in [1.165, 1.54) is 10.6 Å². The highest BCUT2D eigenvalue weighted by Gasteiger charge is 2.34. The van der Waals surface area contributed by atoms with Crippen LogP contribution in [0.1, 0.15) is 29.2 Å². The molecule has 0 aliphatic heterocycles. The summed E-state index contributed by atoms with van der Waals surface area (Å²) in [5.74, 6) is -0.446. The number of aromatic nitrogens is 5. The molecule has 1 fully saturated rings. The first-order valence-electron chi connectivity index (χ1n) is 8.61. The van der Waals surface area contributed by atoms with Crippen molar-refractivity contribution in [2.45, 2.75) is 25.1 Å². The second-order valence-electron chi connectivity index (χ2n) is 6.70. The summed E-state index contributed by atoms with van der Waals surface area (Å²) in [6.07, 6.45) is -1.25. The smallest absolute Gasteiger partial charge is 0.347 e. The molecule has 0 radical (unpaired) electrons. The van der Waals surface area contributed by atoms with Crippen molar-refractivity contribution in [1.29, 1.82) is 0 Å². The molecule has 1 amide bonds. The highest BCUT2D eigenvalue weighted by Crippen LogP contribution is 2.31. The van der Waals surface area contributed by atoms with E-state index in [0.29, 0.717) is 5.69 Å². The largest absolute Gasteiger partial charge is 0.433 e. The van der Waals surface area contributed by atoms with E-state index in [1.807, 2.05) is 0 Å². The maximum Gasteiger partial charge on any atom is 0.433 e. The molecule has 1 saturated carbocycles. The van der Waals surface area contributed by atoms with Crippen molar-refractivity contribution in [3.05, 3.63) is 48.0 Å². The third-order valence-corrected chi connectivity index (χ3v) is 4.59. The first kappa shape index (κ1) is 16.7. The number of rotatable bonds is 3. The Hall–Kier alpha value is -3.43. The number of benzene rings is 1. The van der Waals surface area contributed by atoms with Crippen LogP contribution in [-0.2, 0) is 6.18 Å². The Morgan fingerprint density at radius 1 is 1.18 bits per heavy atom. The van der Waals surface area contributed by atoms with Gasteiger partial charge in [0.05, 0.1) is 17.4 Å². The number of hydrogen-bond acceptors (Lipinski definition) is 4. The number of amides is 1. The van der Waals surface area contributed by atoms with Crippen LogP contribution in [-0.4, -0.2) is 36.7 Å². The molecule has 3 heterocycles. The lowest BCUT2D eigenvalue weighted by Gasteiger charge is -2.10. The van der Waals surface area contributed by atoms with E-state index in [0.717, 1.165) is 29.8 Å². The summed E-state index contributed by atoms with van der Waals surface area (Å²) in [4.78, 5) is 20.7. The van der Waals surface area contributed by atoms with Gasteiger partial charge in [0.25, 0.3) is 5.91 Å². The molecule has 10 heteroatoms. The maximum absolute atomic E-state index is 13.2. The average molecular weight is 386 g/mol. The molecule has 5 rings (SSSR count). The van der Waals surface area contributed by atoms with Crippen molar-refractivity contribution in [3.63, 3.8) is 0 Å². The number of halogens is 3. The molecule has 1 aliphatic rings. The van der Waals surface area contributed by atoms with E-state index in [1.54, 1.807) is 24.4 Å². The zero-order valence-corrected chi connectivity index (χ0v) is 14.3. The SMILES string of the molecule is O=C(NC1CC1)c1nc2ccc(C(F)(F)F)nc2n1-c1ccc2[nH]ncc2c1. The van der Waals surface area contributed by atoms with Gasteiger partial charge in [-0.15, -0.1) is 0 Å². The summed E-state index contributed by atoms with van der Waals surface area (Å²) in [6, 6.07) is 7.30. The molecule has 0 spiro atoms. The molecular formula is C18H13F3N6O. The van der Waals surface area contributed by atoms with Crippen LogP contribution in [0.15, 0.2) is 36.5 Å². The Kier molecular flexibility index (Phi) is 3.45. The summed E-state index contributed by atoms with van der Waals surface area (Å²) in [6.45, 7) is 0. The Labute approximate surface area is 155 Å². The first-order valence-corrected chi connectivity index (χ1v) is 8.61. The normalized spacial score (nSPS) is 14.7. The Morgan fingerprint density at radius 2 is 2.00 bits per heavy atom. The topological polar surface area (TPSA) is 88.5 Å². The van der Waals surface area contributed by atoms with Crippen LogP contribution in [0.3, 0.4) is 0 Å².